The minimum atomic E-state index is -0.245. The van der Waals surface area contributed by atoms with Gasteiger partial charge in [-0.3, -0.25) is 19.1 Å². The van der Waals surface area contributed by atoms with E-state index in [4.69, 9.17) is 4.74 Å². The molecule has 4 aromatic rings. The third-order valence-electron chi connectivity index (χ3n) is 4.25. The molecule has 0 aliphatic carbocycles. The average Bonchev–Trinajstić information content (AvgIpc) is 3.39. The standard InChI is InChI=1S/C21H20N6O2/c1-26-15-19(20(25-26)16-5-3-8-22-14-16)21(28)24-17-6-2-7-18(13-17)29-12-11-27-10-4-9-23-27/h2-10,13-15H,11-12H2,1H3,(H,24,28). The number of hydrogen-bond acceptors (Lipinski definition) is 5. The highest BCUT2D eigenvalue weighted by atomic mass is 16.5. The fourth-order valence-corrected chi connectivity index (χ4v) is 2.92. The van der Waals surface area contributed by atoms with Crippen LogP contribution in [0.4, 0.5) is 5.69 Å². The number of carbonyl (C=O) groups excluding carboxylic acids is 1. The largest absolute Gasteiger partial charge is 0.492 e. The molecule has 8 heteroatoms. The van der Waals surface area contributed by atoms with E-state index in [1.54, 1.807) is 47.3 Å². The Kier molecular flexibility index (Phi) is 5.33. The van der Waals surface area contributed by atoms with Crippen molar-refractivity contribution in [3.8, 4) is 17.0 Å². The third-order valence-corrected chi connectivity index (χ3v) is 4.25. The highest BCUT2D eigenvalue weighted by Gasteiger charge is 2.17. The first-order valence-corrected chi connectivity index (χ1v) is 9.15. The molecule has 0 unspecified atom stereocenters. The van der Waals surface area contributed by atoms with Gasteiger partial charge in [0.25, 0.3) is 5.91 Å². The van der Waals surface area contributed by atoms with Crippen molar-refractivity contribution in [2.75, 3.05) is 11.9 Å². The SMILES string of the molecule is Cn1cc(C(=O)Nc2cccc(OCCn3cccn3)c2)c(-c2cccnc2)n1. The fourth-order valence-electron chi connectivity index (χ4n) is 2.92. The molecule has 146 valence electrons. The number of aromatic nitrogens is 5. The molecule has 4 rings (SSSR count). The van der Waals surface area contributed by atoms with Crippen molar-refractivity contribution in [1.82, 2.24) is 24.5 Å². The number of nitrogens with zero attached hydrogens (tertiary/aromatic N) is 5. The molecular formula is C21H20N6O2. The van der Waals surface area contributed by atoms with E-state index in [1.807, 2.05) is 42.6 Å². The Morgan fingerprint density at radius 3 is 2.90 bits per heavy atom. The van der Waals surface area contributed by atoms with Crippen LogP contribution in [0.2, 0.25) is 0 Å². The number of amides is 1. The predicted molar refractivity (Wildman–Crippen MR) is 109 cm³/mol. The molecule has 0 spiro atoms. The Bertz CT molecular complexity index is 1090. The van der Waals surface area contributed by atoms with Crippen molar-refractivity contribution in [3.05, 3.63) is 79.0 Å². The summed E-state index contributed by atoms with van der Waals surface area (Å²) < 4.78 is 9.18. The molecule has 3 aromatic heterocycles. The van der Waals surface area contributed by atoms with Crippen LogP contribution >= 0.6 is 0 Å². The van der Waals surface area contributed by atoms with E-state index in [-0.39, 0.29) is 5.91 Å². The van der Waals surface area contributed by atoms with Gasteiger partial charge < -0.3 is 10.1 Å². The predicted octanol–water partition coefficient (Wildman–Crippen LogP) is 3.01. The summed E-state index contributed by atoms with van der Waals surface area (Å²) in [6.45, 7) is 1.13. The Hall–Kier alpha value is -3.94. The van der Waals surface area contributed by atoms with Crippen LogP contribution in [0, 0.1) is 0 Å². The number of carbonyl (C=O) groups is 1. The molecule has 8 nitrogen and oxygen atoms in total. The van der Waals surface area contributed by atoms with Crippen LogP contribution in [-0.2, 0) is 13.6 Å². The molecule has 0 aliphatic rings. The van der Waals surface area contributed by atoms with Gasteiger partial charge in [0.1, 0.15) is 18.1 Å². The van der Waals surface area contributed by atoms with Crippen LogP contribution in [0.5, 0.6) is 5.75 Å². The quantitative estimate of drug-likeness (QED) is 0.526. The van der Waals surface area contributed by atoms with E-state index in [0.717, 1.165) is 5.56 Å². The number of benzene rings is 1. The molecule has 0 radical (unpaired) electrons. The second-order valence-corrected chi connectivity index (χ2v) is 6.41. The summed E-state index contributed by atoms with van der Waals surface area (Å²) in [6.07, 6.45) is 8.68. The van der Waals surface area contributed by atoms with Crippen molar-refractivity contribution >= 4 is 11.6 Å². The fraction of sp³-hybridized carbons (Fsp3) is 0.143. The van der Waals surface area contributed by atoms with Gasteiger partial charge in [-0.15, -0.1) is 0 Å². The maximum atomic E-state index is 12.9. The Morgan fingerprint density at radius 1 is 1.17 bits per heavy atom. The molecule has 0 fully saturated rings. The zero-order valence-corrected chi connectivity index (χ0v) is 15.9. The summed E-state index contributed by atoms with van der Waals surface area (Å²) in [7, 11) is 1.78. The molecule has 29 heavy (non-hydrogen) atoms. The number of rotatable bonds is 7. The topological polar surface area (TPSA) is 86.9 Å². The molecule has 1 N–H and O–H groups in total. The molecule has 0 aliphatic heterocycles. The maximum Gasteiger partial charge on any atom is 0.259 e. The van der Waals surface area contributed by atoms with Crippen molar-refractivity contribution in [1.29, 1.82) is 0 Å². The summed E-state index contributed by atoms with van der Waals surface area (Å²) in [5.41, 5.74) is 2.50. The average molecular weight is 388 g/mol. The maximum absolute atomic E-state index is 12.9. The van der Waals surface area contributed by atoms with Gasteiger partial charge in [0.2, 0.25) is 0 Å². The zero-order valence-electron chi connectivity index (χ0n) is 15.9. The van der Waals surface area contributed by atoms with Gasteiger partial charge in [0.15, 0.2) is 0 Å². The second-order valence-electron chi connectivity index (χ2n) is 6.41. The van der Waals surface area contributed by atoms with Crippen molar-refractivity contribution in [3.63, 3.8) is 0 Å². The van der Waals surface area contributed by atoms with Crippen LogP contribution in [0.25, 0.3) is 11.3 Å². The van der Waals surface area contributed by atoms with Crippen LogP contribution < -0.4 is 10.1 Å². The molecule has 1 amide bonds. The normalized spacial score (nSPS) is 10.7. The zero-order chi connectivity index (χ0) is 20.1. The highest BCUT2D eigenvalue weighted by molar-refractivity contribution is 6.08. The van der Waals surface area contributed by atoms with Crippen LogP contribution in [0.1, 0.15) is 10.4 Å². The summed E-state index contributed by atoms with van der Waals surface area (Å²) in [5, 5.41) is 11.5. The highest BCUT2D eigenvalue weighted by Crippen LogP contribution is 2.23. The van der Waals surface area contributed by atoms with E-state index in [1.165, 1.54) is 0 Å². The summed E-state index contributed by atoms with van der Waals surface area (Å²) in [5.74, 6) is 0.430. The lowest BCUT2D eigenvalue weighted by Gasteiger charge is -2.09. The lowest BCUT2D eigenvalue weighted by Crippen LogP contribution is -2.13. The lowest BCUT2D eigenvalue weighted by molar-refractivity contribution is 0.102. The van der Waals surface area contributed by atoms with Crippen molar-refractivity contribution in [2.45, 2.75) is 6.54 Å². The van der Waals surface area contributed by atoms with Gasteiger partial charge in [-0.05, 0) is 30.3 Å². The van der Waals surface area contributed by atoms with Crippen LogP contribution in [-0.4, -0.2) is 37.1 Å². The van der Waals surface area contributed by atoms with Crippen LogP contribution in [0.3, 0.4) is 0 Å². The van der Waals surface area contributed by atoms with E-state index in [2.05, 4.69) is 20.5 Å². The summed E-state index contributed by atoms with van der Waals surface area (Å²) >= 11 is 0. The number of anilines is 1. The Balaban J connectivity index is 1.45. The first-order valence-electron chi connectivity index (χ1n) is 9.15. The minimum Gasteiger partial charge on any atom is -0.492 e. The monoisotopic (exact) mass is 388 g/mol. The van der Waals surface area contributed by atoms with Gasteiger partial charge >= 0.3 is 0 Å². The van der Waals surface area contributed by atoms with Gasteiger partial charge in [-0.1, -0.05) is 6.07 Å². The first kappa shape index (κ1) is 18.4. The van der Waals surface area contributed by atoms with Gasteiger partial charge in [-0.25, -0.2) is 0 Å². The minimum absolute atomic E-state index is 0.245. The third kappa shape index (κ3) is 4.49. The van der Waals surface area contributed by atoms with Gasteiger partial charge in [0, 0.05) is 55.3 Å². The van der Waals surface area contributed by atoms with E-state index in [0.29, 0.717) is 35.8 Å². The van der Waals surface area contributed by atoms with E-state index >= 15 is 0 Å². The molecule has 0 saturated heterocycles. The number of pyridine rings is 1. The molecule has 0 saturated carbocycles. The Labute approximate surface area is 167 Å². The van der Waals surface area contributed by atoms with Gasteiger partial charge in [0.05, 0.1) is 12.1 Å². The summed E-state index contributed by atoms with van der Waals surface area (Å²) in [6, 6.07) is 12.9. The second kappa shape index (κ2) is 8.39. The van der Waals surface area contributed by atoms with Crippen LogP contribution in [0.15, 0.2) is 73.4 Å². The summed E-state index contributed by atoms with van der Waals surface area (Å²) in [4.78, 5) is 17.0. The van der Waals surface area contributed by atoms with Crippen molar-refractivity contribution < 1.29 is 9.53 Å². The smallest absolute Gasteiger partial charge is 0.259 e. The van der Waals surface area contributed by atoms with Crippen molar-refractivity contribution in [2.24, 2.45) is 7.05 Å². The molecule has 0 bridgehead atoms. The Morgan fingerprint density at radius 2 is 2.10 bits per heavy atom. The number of nitrogens with one attached hydrogen (secondary N) is 1. The van der Waals surface area contributed by atoms with E-state index in [9.17, 15) is 4.79 Å². The molecule has 0 atom stereocenters. The molecular weight excluding hydrogens is 368 g/mol. The number of ether oxygens (including phenoxy) is 1. The van der Waals surface area contributed by atoms with E-state index < -0.39 is 0 Å². The number of aryl methyl sites for hydroxylation is 1. The van der Waals surface area contributed by atoms with Gasteiger partial charge in [-0.2, -0.15) is 10.2 Å². The molecule has 1 aromatic carbocycles. The molecule has 3 heterocycles. The first-order chi connectivity index (χ1) is 14.2. The number of hydrogen-bond donors (Lipinski definition) is 1. The lowest BCUT2D eigenvalue weighted by atomic mass is 10.1.